The third-order valence-electron chi connectivity index (χ3n) is 14.9. The molecular weight excluding hydrogens is 985 g/mol. The minimum Gasteiger partial charge on any atom is -0.462 e. The van der Waals surface area contributed by atoms with E-state index in [9.17, 15) is 14.4 Å². The Bertz CT molecular complexity index is 1560. The van der Waals surface area contributed by atoms with Gasteiger partial charge in [0.2, 0.25) is 0 Å². The molecule has 0 amide bonds. The predicted molar refractivity (Wildman–Crippen MR) is 348 cm³/mol. The van der Waals surface area contributed by atoms with Crippen LogP contribution in [0.15, 0.2) is 97.2 Å². The first kappa shape index (κ1) is 76.3. The van der Waals surface area contributed by atoms with Crippen molar-refractivity contribution in [2.45, 2.75) is 341 Å². The second-order valence-electron chi connectivity index (χ2n) is 22.7. The third kappa shape index (κ3) is 65.1. The molecule has 460 valence electrons. The van der Waals surface area contributed by atoms with E-state index < -0.39 is 6.10 Å². The summed E-state index contributed by atoms with van der Waals surface area (Å²) in [6, 6.07) is 0. The zero-order valence-electron chi connectivity index (χ0n) is 52.8. The summed E-state index contributed by atoms with van der Waals surface area (Å²) in [6.07, 6.45) is 92.0. The van der Waals surface area contributed by atoms with E-state index in [0.29, 0.717) is 19.3 Å². The number of unbranched alkanes of at least 4 members (excludes halogenated alkanes) is 35. The fourth-order valence-electron chi connectivity index (χ4n) is 9.76. The van der Waals surface area contributed by atoms with Gasteiger partial charge in [0.1, 0.15) is 13.2 Å². The molecule has 0 aromatic heterocycles. The highest BCUT2D eigenvalue weighted by atomic mass is 16.6. The summed E-state index contributed by atoms with van der Waals surface area (Å²) in [6.45, 7) is 6.46. The molecule has 1 atom stereocenters. The first-order valence-corrected chi connectivity index (χ1v) is 34.2. The molecule has 0 fully saturated rings. The van der Waals surface area contributed by atoms with E-state index >= 15 is 0 Å². The van der Waals surface area contributed by atoms with Crippen LogP contribution in [0.3, 0.4) is 0 Å². The van der Waals surface area contributed by atoms with Crippen molar-refractivity contribution in [3.63, 3.8) is 0 Å². The van der Waals surface area contributed by atoms with E-state index in [1.807, 2.05) is 0 Å². The Kier molecular flexibility index (Phi) is 64.7. The fourth-order valence-corrected chi connectivity index (χ4v) is 9.76. The molecule has 0 saturated carbocycles. The van der Waals surface area contributed by atoms with Crippen LogP contribution in [0.1, 0.15) is 335 Å². The maximum absolute atomic E-state index is 12.9. The van der Waals surface area contributed by atoms with E-state index in [1.54, 1.807) is 0 Å². The van der Waals surface area contributed by atoms with Crippen LogP contribution < -0.4 is 0 Å². The molecule has 1 unspecified atom stereocenters. The monoisotopic (exact) mass is 1110 g/mol. The first-order chi connectivity index (χ1) is 39.5. The number of ether oxygens (including phenoxy) is 3. The van der Waals surface area contributed by atoms with Crippen molar-refractivity contribution in [1.82, 2.24) is 0 Å². The van der Waals surface area contributed by atoms with Gasteiger partial charge in [-0.05, 0) is 83.5 Å². The molecule has 0 spiro atoms. The van der Waals surface area contributed by atoms with Gasteiger partial charge in [-0.1, -0.05) is 330 Å². The maximum atomic E-state index is 12.9. The maximum Gasteiger partial charge on any atom is 0.306 e. The van der Waals surface area contributed by atoms with E-state index in [0.717, 1.165) is 128 Å². The van der Waals surface area contributed by atoms with Crippen LogP contribution in [0.25, 0.3) is 0 Å². The second kappa shape index (κ2) is 67.8. The SMILES string of the molecule is CC/C=C\C/C=C\C/C=C\C/C=C\C/C=C\C/C=C\C/C=C\C/C=C\CCCCCCC(=O)OCC(COC(=O)CCCCCCC)OC(=O)CCCCCCCCCCCCCCCCCCCCCCCCCCCCCC. The standard InChI is InChI=1S/C74H128O6/c1-4-7-10-13-15-17-19-21-23-25-27-29-31-33-35-37-39-40-42-44-46-48-50-52-54-56-58-61-64-67-73(76)79-70-71(69-78-72(75)66-63-60-12-9-6-3)80-74(77)68-65-62-59-57-55-53-51-49-47-45-43-41-38-36-34-32-30-28-26-24-22-20-18-16-14-11-8-5-2/h7,10,15,17,21,23,27,29,33,35,39-40,44,46,50,52,71H,4-6,8-9,11-14,16,18-20,22,24-26,28,30-32,34,36-38,41-43,45,47-49,51,53-70H2,1-3H3/b10-7-,17-15-,23-21-,29-27-,35-33-,40-39-,46-44-,52-50-. The molecule has 0 radical (unpaired) electrons. The molecular formula is C74H128O6. The minimum atomic E-state index is -0.785. The number of rotatable bonds is 62. The Morgan fingerprint density at radius 2 is 0.487 bits per heavy atom. The summed E-state index contributed by atoms with van der Waals surface area (Å²) in [5.41, 5.74) is 0. The van der Waals surface area contributed by atoms with Gasteiger partial charge in [-0.2, -0.15) is 0 Å². The molecule has 0 aliphatic rings. The molecule has 6 heteroatoms. The van der Waals surface area contributed by atoms with Gasteiger partial charge in [0, 0.05) is 19.3 Å². The average Bonchev–Trinajstić information content (AvgIpc) is 3.46. The smallest absolute Gasteiger partial charge is 0.306 e. The Labute approximate surface area is 496 Å². The van der Waals surface area contributed by atoms with E-state index in [1.165, 1.54) is 167 Å². The molecule has 0 bridgehead atoms. The van der Waals surface area contributed by atoms with Gasteiger partial charge in [-0.25, -0.2) is 0 Å². The zero-order chi connectivity index (χ0) is 57.8. The zero-order valence-corrected chi connectivity index (χ0v) is 52.8. The third-order valence-corrected chi connectivity index (χ3v) is 14.9. The van der Waals surface area contributed by atoms with Gasteiger partial charge < -0.3 is 14.2 Å². The van der Waals surface area contributed by atoms with Crippen molar-refractivity contribution in [3.05, 3.63) is 97.2 Å². The van der Waals surface area contributed by atoms with Crippen LogP contribution in [0.5, 0.6) is 0 Å². The first-order valence-electron chi connectivity index (χ1n) is 34.2. The van der Waals surface area contributed by atoms with Crippen LogP contribution >= 0.6 is 0 Å². The summed E-state index contributed by atoms with van der Waals surface area (Å²) in [5.74, 6) is -0.912. The molecule has 6 nitrogen and oxygen atoms in total. The van der Waals surface area contributed by atoms with Crippen molar-refractivity contribution < 1.29 is 28.6 Å². The number of allylic oxidation sites excluding steroid dienone is 16. The molecule has 0 saturated heterocycles. The van der Waals surface area contributed by atoms with Crippen molar-refractivity contribution in [3.8, 4) is 0 Å². The highest BCUT2D eigenvalue weighted by Crippen LogP contribution is 2.18. The summed E-state index contributed by atoms with van der Waals surface area (Å²) < 4.78 is 16.8. The molecule has 0 aromatic carbocycles. The quantitative estimate of drug-likeness (QED) is 0.0261. The van der Waals surface area contributed by atoms with Gasteiger partial charge in [-0.3, -0.25) is 14.4 Å². The number of carbonyl (C=O) groups is 3. The lowest BCUT2D eigenvalue weighted by Crippen LogP contribution is -2.30. The number of carbonyl (C=O) groups excluding carboxylic acids is 3. The van der Waals surface area contributed by atoms with E-state index in [4.69, 9.17) is 14.2 Å². The largest absolute Gasteiger partial charge is 0.462 e. The molecule has 0 rings (SSSR count). The highest BCUT2D eigenvalue weighted by Gasteiger charge is 2.19. The Morgan fingerprint density at radius 1 is 0.263 bits per heavy atom. The summed E-state index contributed by atoms with van der Waals surface area (Å²) in [5, 5.41) is 0. The van der Waals surface area contributed by atoms with Gasteiger partial charge in [-0.15, -0.1) is 0 Å². The van der Waals surface area contributed by atoms with Crippen LogP contribution in [0.4, 0.5) is 0 Å². The van der Waals surface area contributed by atoms with E-state index in [2.05, 4.69) is 118 Å². The van der Waals surface area contributed by atoms with Gasteiger partial charge in [0.05, 0.1) is 0 Å². The molecule has 0 aliphatic carbocycles. The molecule has 0 aromatic rings. The van der Waals surface area contributed by atoms with Crippen molar-refractivity contribution >= 4 is 17.9 Å². The summed E-state index contributed by atoms with van der Waals surface area (Å²) in [7, 11) is 0. The Morgan fingerprint density at radius 3 is 0.762 bits per heavy atom. The average molecular weight is 1110 g/mol. The second-order valence-corrected chi connectivity index (χ2v) is 22.7. The lowest BCUT2D eigenvalue weighted by atomic mass is 10.0. The molecule has 0 heterocycles. The predicted octanol–water partition coefficient (Wildman–Crippen LogP) is 23.6. The van der Waals surface area contributed by atoms with Crippen LogP contribution in [0.2, 0.25) is 0 Å². The Balaban J connectivity index is 4.06. The summed E-state index contributed by atoms with van der Waals surface area (Å²) in [4.78, 5) is 38.0. The summed E-state index contributed by atoms with van der Waals surface area (Å²) >= 11 is 0. The fraction of sp³-hybridized carbons (Fsp3) is 0.743. The lowest BCUT2D eigenvalue weighted by molar-refractivity contribution is -0.167. The number of esters is 3. The van der Waals surface area contributed by atoms with Crippen molar-refractivity contribution in [1.29, 1.82) is 0 Å². The highest BCUT2D eigenvalue weighted by molar-refractivity contribution is 5.71. The van der Waals surface area contributed by atoms with Gasteiger partial charge >= 0.3 is 17.9 Å². The van der Waals surface area contributed by atoms with Crippen LogP contribution in [-0.2, 0) is 28.6 Å². The topological polar surface area (TPSA) is 78.9 Å². The molecule has 0 N–H and O–H groups in total. The van der Waals surface area contributed by atoms with Crippen molar-refractivity contribution in [2.24, 2.45) is 0 Å². The van der Waals surface area contributed by atoms with Crippen molar-refractivity contribution in [2.75, 3.05) is 13.2 Å². The van der Waals surface area contributed by atoms with Gasteiger partial charge in [0.25, 0.3) is 0 Å². The normalized spacial score (nSPS) is 12.7. The lowest BCUT2D eigenvalue weighted by Gasteiger charge is -2.18. The van der Waals surface area contributed by atoms with Gasteiger partial charge in [0.15, 0.2) is 6.10 Å². The number of hydrogen-bond donors (Lipinski definition) is 0. The minimum absolute atomic E-state index is 0.0842. The molecule has 80 heavy (non-hydrogen) atoms. The Hall–Kier alpha value is -3.67. The van der Waals surface area contributed by atoms with Crippen LogP contribution in [-0.4, -0.2) is 37.2 Å². The molecule has 0 aliphatic heterocycles. The van der Waals surface area contributed by atoms with Crippen LogP contribution in [0, 0.1) is 0 Å². The number of hydrogen-bond acceptors (Lipinski definition) is 6. The van der Waals surface area contributed by atoms with E-state index in [-0.39, 0.29) is 31.1 Å².